The van der Waals surface area contributed by atoms with Crippen molar-refractivity contribution in [3.05, 3.63) is 69.8 Å². The molecule has 0 amide bonds. The van der Waals surface area contributed by atoms with Gasteiger partial charge in [-0.3, -0.25) is 14.9 Å². The molecule has 0 fully saturated rings. The van der Waals surface area contributed by atoms with Crippen LogP contribution in [0.25, 0.3) is 0 Å². The number of benzene rings is 2. The van der Waals surface area contributed by atoms with Crippen molar-refractivity contribution in [2.24, 2.45) is 0 Å². The Balaban J connectivity index is 2.09. The Morgan fingerprint density at radius 1 is 1.16 bits per heavy atom. The molecule has 0 unspecified atom stereocenters. The van der Waals surface area contributed by atoms with Crippen LogP contribution < -0.4 is 4.72 Å². The highest BCUT2D eigenvalue weighted by Crippen LogP contribution is 2.22. The van der Waals surface area contributed by atoms with Gasteiger partial charge < -0.3 is 0 Å². The molecule has 0 aliphatic rings. The second kappa shape index (κ2) is 7.70. The van der Waals surface area contributed by atoms with Gasteiger partial charge in [-0.25, -0.2) is 8.42 Å². The molecular weight excluding hydrogens is 344 g/mol. The van der Waals surface area contributed by atoms with E-state index in [9.17, 15) is 23.3 Å². The minimum atomic E-state index is -4.05. The standard InChI is InChI=1S/C17H14N2O5S/c1-13(20)15-10-8-14(9-11-15)5-4-12-18-25(23,24)17-7-3-2-6-16(17)19(21)22/h2-3,6-11,18H,12H2,1H3. The van der Waals surface area contributed by atoms with Crippen molar-refractivity contribution >= 4 is 21.5 Å². The number of para-hydroxylation sites is 1. The van der Waals surface area contributed by atoms with Crippen LogP contribution in [0, 0.1) is 22.0 Å². The number of Topliss-reactive ketones (excluding diaryl/α,β-unsaturated/α-hetero) is 1. The first-order chi connectivity index (χ1) is 11.8. The van der Waals surface area contributed by atoms with Gasteiger partial charge in [0.2, 0.25) is 10.0 Å². The molecule has 25 heavy (non-hydrogen) atoms. The van der Waals surface area contributed by atoms with Gasteiger partial charge in [-0.2, -0.15) is 4.72 Å². The predicted octanol–water partition coefficient (Wildman–Crippen LogP) is 2.13. The molecular formula is C17H14N2O5S. The van der Waals surface area contributed by atoms with Crippen molar-refractivity contribution in [1.82, 2.24) is 4.72 Å². The van der Waals surface area contributed by atoms with Crippen LogP contribution in [0.3, 0.4) is 0 Å². The number of nitro groups is 1. The average Bonchev–Trinajstić information content (AvgIpc) is 2.59. The third-order valence-electron chi connectivity index (χ3n) is 3.23. The lowest BCUT2D eigenvalue weighted by atomic mass is 10.1. The van der Waals surface area contributed by atoms with Gasteiger partial charge >= 0.3 is 0 Å². The molecule has 0 aliphatic carbocycles. The SMILES string of the molecule is CC(=O)c1ccc(C#CCNS(=O)(=O)c2ccccc2[N+](=O)[O-])cc1. The lowest BCUT2D eigenvalue weighted by Gasteiger charge is -2.04. The van der Waals surface area contributed by atoms with Crippen LogP contribution in [0.15, 0.2) is 53.4 Å². The topological polar surface area (TPSA) is 106 Å². The monoisotopic (exact) mass is 358 g/mol. The third kappa shape index (κ3) is 4.73. The van der Waals surface area contributed by atoms with E-state index < -0.39 is 25.5 Å². The molecule has 2 aromatic carbocycles. The minimum Gasteiger partial charge on any atom is -0.295 e. The second-order valence-electron chi connectivity index (χ2n) is 4.98. The summed E-state index contributed by atoms with van der Waals surface area (Å²) >= 11 is 0. The summed E-state index contributed by atoms with van der Waals surface area (Å²) in [6.07, 6.45) is 0. The lowest BCUT2D eigenvalue weighted by molar-refractivity contribution is -0.387. The number of carbonyl (C=O) groups is 1. The van der Waals surface area contributed by atoms with Crippen molar-refractivity contribution in [1.29, 1.82) is 0 Å². The largest absolute Gasteiger partial charge is 0.295 e. The summed E-state index contributed by atoms with van der Waals surface area (Å²) < 4.78 is 26.5. The molecule has 0 aromatic heterocycles. The number of hydrogen-bond acceptors (Lipinski definition) is 5. The molecule has 128 valence electrons. The molecule has 0 atom stereocenters. The zero-order chi connectivity index (χ0) is 18.4. The first-order valence-corrected chi connectivity index (χ1v) is 8.62. The molecule has 7 nitrogen and oxygen atoms in total. The van der Waals surface area contributed by atoms with E-state index in [0.29, 0.717) is 11.1 Å². The van der Waals surface area contributed by atoms with Crippen molar-refractivity contribution in [3.63, 3.8) is 0 Å². The van der Waals surface area contributed by atoms with Gasteiger partial charge in [-0.15, -0.1) is 0 Å². The minimum absolute atomic E-state index is 0.0586. The Bertz CT molecular complexity index is 970. The predicted molar refractivity (Wildman–Crippen MR) is 91.6 cm³/mol. The first-order valence-electron chi connectivity index (χ1n) is 7.14. The van der Waals surface area contributed by atoms with E-state index in [-0.39, 0.29) is 12.3 Å². The summed E-state index contributed by atoms with van der Waals surface area (Å²) in [5.74, 6) is 5.32. The van der Waals surface area contributed by atoms with Crippen molar-refractivity contribution in [2.75, 3.05) is 6.54 Å². The highest BCUT2D eigenvalue weighted by molar-refractivity contribution is 7.89. The molecule has 0 aliphatic heterocycles. The fourth-order valence-electron chi connectivity index (χ4n) is 1.98. The van der Waals surface area contributed by atoms with Gasteiger partial charge in [0.25, 0.3) is 5.69 Å². The van der Waals surface area contributed by atoms with Crippen LogP contribution in [-0.2, 0) is 10.0 Å². The number of hydrogen-bond donors (Lipinski definition) is 1. The molecule has 0 heterocycles. The number of nitro benzene ring substituents is 1. The molecule has 0 spiro atoms. The molecule has 0 bridgehead atoms. The summed E-state index contributed by atoms with van der Waals surface area (Å²) in [5.41, 5.74) is 0.681. The molecule has 2 aromatic rings. The van der Waals surface area contributed by atoms with Gasteiger partial charge in [0.05, 0.1) is 11.5 Å². The van der Waals surface area contributed by atoms with E-state index in [1.54, 1.807) is 24.3 Å². The highest BCUT2D eigenvalue weighted by atomic mass is 32.2. The Morgan fingerprint density at radius 3 is 2.40 bits per heavy atom. The second-order valence-corrected chi connectivity index (χ2v) is 6.72. The molecule has 8 heteroatoms. The Labute approximate surface area is 144 Å². The third-order valence-corrected chi connectivity index (χ3v) is 4.67. The van der Waals surface area contributed by atoms with Crippen LogP contribution in [0.1, 0.15) is 22.8 Å². The molecule has 2 rings (SSSR count). The van der Waals surface area contributed by atoms with E-state index in [1.807, 2.05) is 0 Å². The molecule has 0 saturated carbocycles. The average molecular weight is 358 g/mol. The van der Waals surface area contributed by atoms with Crippen molar-refractivity contribution < 1.29 is 18.1 Å². The number of carbonyl (C=O) groups excluding carboxylic acids is 1. The summed E-state index contributed by atoms with van der Waals surface area (Å²) in [5, 5.41) is 10.9. The van der Waals surface area contributed by atoms with Crippen LogP contribution in [0.5, 0.6) is 0 Å². The van der Waals surface area contributed by atoms with Gasteiger partial charge in [-0.05, 0) is 25.1 Å². The smallest absolute Gasteiger partial charge is 0.289 e. The number of nitrogens with zero attached hydrogens (tertiary/aromatic N) is 1. The van der Waals surface area contributed by atoms with Gasteiger partial charge in [0.15, 0.2) is 10.7 Å². The lowest BCUT2D eigenvalue weighted by Crippen LogP contribution is -2.24. The van der Waals surface area contributed by atoms with E-state index in [4.69, 9.17) is 0 Å². The molecule has 0 saturated heterocycles. The first kappa shape index (κ1) is 18.3. The van der Waals surface area contributed by atoms with Crippen molar-refractivity contribution in [3.8, 4) is 11.8 Å². The number of nitrogens with one attached hydrogen (secondary N) is 1. The van der Waals surface area contributed by atoms with E-state index >= 15 is 0 Å². The highest BCUT2D eigenvalue weighted by Gasteiger charge is 2.24. The van der Waals surface area contributed by atoms with Gasteiger partial charge in [0.1, 0.15) is 0 Å². The van der Waals surface area contributed by atoms with E-state index in [0.717, 1.165) is 12.1 Å². The maximum atomic E-state index is 12.2. The summed E-state index contributed by atoms with van der Waals surface area (Å²) in [4.78, 5) is 20.9. The Morgan fingerprint density at radius 2 is 1.80 bits per heavy atom. The maximum absolute atomic E-state index is 12.2. The summed E-state index contributed by atoms with van der Waals surface area (Å²) in [6, 6.07) is 11.6. The zero-order valence-corrected chi connectivity index (χ0v) is 14.0. The zero-order valence-electron chi connectivity index (χ0n) is 13.2. The fourth-order valence-corrected chi connectivity index (χ4v) is 3.07. The maximum Gasteiger partial charge on any atom is 0.289 e. The summed E-state index contributed by atoms with van der Waals surface area (Å²) in [7, 11) is -4.05. The van der Waals surface area contributed by atoms with Crippen LogP contribution >= 0.6 is 0 Å². The summed E-state index contributed by atoms with van der Waals surface area (Å²) in [6.45, 7) is 1.25. The van der Waals surface area contributed by atoms with Gasteiger partial charge in [-0.1, -0.05) is 36.1 Å². The number of ketones is 1. The van der Waals surface area contributed by atoms with Crippen LogP contribution in [0.4, 0.5) is 5.69 Å². The Hall–Kier alpha value is -3.02. The molecule has 1 N–H and O–H groups in total. The number of rotatable bonds is 5. The van der Waals surface area contributed by atoms with E-state index in [1.165, 1.54) is 19.1 Å². The van der Waals surface area contributed by atoms with Crippen molar-refractivity contribution in [2.45, 2.75) is 11.8 Å². The molecule has 0 radical (unpaired) electrons. The van der Waals surface area contributed by atoms with E-state index in [2.05, 4.69) is 16.6 Å². The van der Waals surface area contributed by atoms with Crippen LogP contribution in [-0.4, -0.2) is 25.7 Å². The van der Waals surface area contributed by atoms with Crippen LogP contribution in [0.2, 0.25) is 0 Å². The Kier molecular flexibility index (Phi) is 5.64. The van der Waals surface area contributed by atoms with Gasteiger partial charge in [0, 0.05) is 17.2 Å². The normalized spacial score (nSPS) is 10.6. The number of sulfonamides is 1. The quantitative estimate of drug-likeness (QED) is 0.381. The fraction of sp³-hybridized carbons (Fsp3) is 0.118.